The maximum Gasteiger partial charge on any atom is 0.280 e. The number of ether oxygens (including phenoxy) is 2. The van der Waals surface area contributed by atoms with Gasteiger partial charge in [-0.2, -0.15) is 0 Å². The fourth-order valence-corrected chi connectivity index (χ4v) is 1.44. The summed E-state index contributed by atoms with van der Waals surface area (Å²) in [5.41, 5.74) is 4.80. The third kappa shape index (κ3) is 5.36. The summed E-state index contributed by atoms with van der Waals surface area (Å²) in [6, 6.07) is 1.43. The van der Waals surface area contributed by atoms with Gasteiger partial charge in [0.1, 0.15) is 0 Å². The van der Waals surface area contributed by atoms with Gasteiger partial charge in [-0.3, -0.25) is 14.9 Å². The standard InChI is InChI=1S/C13H19N3O5/c1-2-20-6-3-7-21-9-4-5-15-11(12(9)18)13(19)16-10(17)8-14/h4-5,18H,2-3,6-8,14H2,1H3,(H,16,17,19). The summed E-state index contributed by atoms with van der Waals surface area (Å²) >= 11 is 0. The molecule has 0 radical (unpaired) electrons. The number of nitrogens with zero attached hydrogens (tertiary/aromatic N) is 1. The van der Waals surface area contributed by atoms with Crippen LogP contribution in [0.5, 0.6) is 11.5 Å². The van der Waals surface area contributed by atoms with Gasteiger partial charge in [-0.05, 0) is 6.92 Å². The van der Waals surface area contributed by atoms with Crippen molar-refractivity contribution in [2.45, 2.75) is 13.3 Å². The van der Waals surface area contributed by atoms with Crippen molar-refractivity contribution in [3.05, 3.63) is 18.0 Å². The van der Waals surface area contributed by atoms with E-state index in [2.05, 4.69) is 4.98 Å². The highest BCUT2D eigenvalue weighted by Gasteiger charge is 2.18. The molecule has 0 aromatic carbocycles. The number of aromatic nitrogens is 1. The smallest absolute Gasteiger partial charge is 0.280 e. The Kier molecular flexibility index (Phi) is 7.13. The zero-order valence-electron chi connectivity index (χ0n) is 11.8. The molecule has 0 saturated carbocycles. The highest BCUT2D eigenvalue weighted by atomic mass is 16.5. The topological polar surface area (TPSA) is 124 Å². The van der Waals surface area contributed by atoms with Crippen LogP contribution in [-0.2, 0) is 9.53 Å². The number of pyridine rings is 1. The van der Waals surface area contributed by atoms with Crippen molar-refractivity contribution in [1.29, 1.82) is 0 Å². The van der Waals surface area contributed by atoms with Gasteiger partial charge in [0.15, 0.2) is 17.2 Å². The van der Waals surface area contributed by atoms with Gasteiger partial charge in [0.05, 0.1) is 13.2 Å². The molecule has 116 valence electrons. The van der Waals surface area contributed by atoms with Gasteiger partial charge in [0.2, 0.25) is 5.91 Å². The van der Waals surface area contributed by atoms with Gasteiger partial charge in [0.25, 0.3) is 5.91 Å². The van der Waals surface area contributed by atoms with Crippen molar-refractivity contribution in [1.82, 2.24) is 10.3 Å². The van der Waals surface area contributed by atoms with Gasteiger partial charge in [-0.15, -0.1) is 0 Å². The lowest BCUT2D eigenvalue weighted by Gasteiger charge is -2.10. The van der Waals surface area contributed by atoms with Crippen molar-refractivity contribution in [2.75, 3.05) is 26.4 Å². The van der Waals surface area contributed by atoms with E-state index >= 15 is 0 Å². The van der Waals surface area contributed by atoms with E-state index in [-0.39, 0.29) is 18.0 Å². The Hall–Kier alpha value is -2.19. The van der Waals surface area contributed by atoms with Crippen LogP contribution in [0.15, 0.2) is 12.3 Å². The summed E-state index contributed by atoms with van der Waals surface area (Å²) < 4.78 is 10.5. The lowest BCUT2D eigenvalue weighted by Crippen LogP contribution is -2.35. The molecule has 1 rings (SSSR count). The second kappa shape index (κ2) is 8.88. The lowest BCUT2D eigenvalue weighted by molar-refractivity contribution is -0.118. The van der Waals surface area contributed by atoms with E-state index in [9.17, 15) is 14.7 Å². The minimum Gasteiger partial charge on any atom is -0.503 e. The predicted octanol–water partition coefficient (Wildman–Crippen LogP) is -0.192. The van der Waals surface area contributed by atoms with E-state index in [1.807, 2.05) is 12.2 Å². The quantitative estimate of drug-likeness (QED) is 0.568. The molecule has 0 aliphatic heterocycles. The molecule has 0 unspecified atom stereocenters. The Labute approximate surface area is 122 Å². The molecule has 4 N–H and O–H groups in total. The molecule has 1 heterocycles. The lowest BCUT2D eigenvalue weighted by atomic mass is 10.3. The van der Waals surface area contributed by atoms with Crippen LogP contribution in [0.4, 0.5) is 0 Å². The number of carbonyl (C=O) groups excluding carboxylic acids is 2. The Balaban J connectivity index is 2.65. The van der Waals surface area contributed by atoms with Crippen LogP contribution in [0, 0.1) is 0 Å². The van der Waals surface area contributed by atoms with Crippen molar-refractivity contribution >= 4 is 11.8 Å². The first-order chi connectivity index (χ1) is 10.1. The van der Waals surface area contributed by atoms with Gasteiger partial charge in [-0.25, -0.2) is 4.98 Å². The van der Waals surface area contributed by atoms with Crippen LogP contribution in [0.25, 0.3) is 0 Å². The number of imide groups is 1. The highest BCUT2D eigenvalue weighted by molar-refractivity contribution is 6.05. The third-order valence-electron chi connectivity index (χ3n) is 2.44. The van der Waals surface area contributed by atoms with Crippen molar-refractivity contribution in [3.8, 4) is 11.5 Å². The van der Waals surface area contributed by atoms with E-state index in [1.54, 1.807) is 0 Å². The van der Waals surface area contributed by atoms with Gasteiger partial charge < -0.3 is 20.3 Å². The second-order valence-corrected chi connectivity index (χ2v) is 3.99. The number of aromatic hydroxyl groups is 1. The third-order valence-corrected chi connectivity index (χ3v) is 2.44. The Bertz CT molecular complexity index is 493. The summed E-state index contributed by atoms with van der Waals surface area (Å²) in [6.45, 7) is 3.05. The normalized spacial score (nSPS) is 10.2. The number of nitrogens with two attached hydrogens (primary N) is 1. The molecule has 0 atom stereocenters. The number of hydrogen-bond donors (Lipinski definition) is 3. The minimum absolute atomic E-state index is 0.117. The van der Waals surface area contributed by atoms with E-state index in [0.29, 0.717) is 26.2 Å². The van der Waals surface area contributed by atoms with Crippen LogP contribution in [0.1, 0.15) is 23.8 Å². The second-order valence-electron chi connectivity index (χ2n) is 3.99. The molecular formula is C13H19N3O5. The largest absolute Gasteiger partial charge is 0.503 e. The first-order valence-electron chi connectivity index (χ1n) is 6.52. The molecule has 0 bridgehead atoms. The maximum atomic E-state index is 11.7. The number of nitrogens with one attached hydrogen (secondary N) is 1. The molecule has 0 saturated heterocycles. The van der Waals surface area contributed by atoms with E-state index in [1.165, 1.54) is 12.3 Å². The van der Waals surface area contributed by atoms with Crippen LogP contribution in [0.2, 0.25) is 0 Å². The first kappa shape index (κ1) is 16.9. The molecule has 0 spiro atoms. The zero-order valence-corrected chi connectivity index (χ0v) is 11.8. The van der Waals surface area contributed by atoms with Gasteiger partial charge in [-0.1, -0.05) is 0 Å². The molecule has 8 nitrogen and oxygen atoms in total. The number of amides is 2. The fraction of sp³-hybridized carbons (Fsp3) is 0.462. The Morgan fingerprint density at radius 1 is 1.43 bits per heavy atom. The van der Waals surface area contributed by atoms with E-state index in [0.717, 1.165) is 0 Å². The minimum atomic E-state index is -0.831. The monoisotopic (exact) mass is 297 g/mol. The average molecular weight is 297 g/mol. The van der Waals surface area contributed by atoms with E-state index < -0.39 is 17.6 Å². The Morgan fingerprint density at radius 3 is 2.86 bits per heavy atom. The van der Waals surface area contributed by atoms with Gasteiger partial charge >= 0.3 is 0 Å². The molecule has 0 aliphatic rings. The first-order valence-corrected chi connectivity index (χ1v) is 6.52. The van der Waals surface area contributed by atoms with Crippen LogP contribution >= 0.6 is 0 Å². The molecule has 0 aliphatic carbocycles. The highest BCUT2D eigenvalue weighted by Crippen LogP contribution is 2.28. The average Bonchev–Trinajstić information content (AvgIpc) is 2.48. The number of hydrogen-bond acceptors (Lipinski definition) is 7. The van der Waals surface area contributed by atoms with Crippen molar-refractivity contribution < 1.29 is 24.2 Å². The molecule has 21 heavy (non-hydrogen) atoms. The number of carbonyl (C=O) groups is 2. The van der Waals surface area contributed by atoms with Crippen LogP contribution < -0.4 is 15.8 Å². The van der Waals surface area contributed by atoms with E-state index in [4.69, 9.17) is 15.2 Å². The fourth-order valence-electron chi connectivity index (χ4n) is 1.44. The summed E-state index contributed by atoms with van der Waals surface area (Å²) in [4.78, 5) is 26.5. The van der Waals surface area contributed by atoms with Crippen molar-refractivity contribution in [3.63, 3.8) is 0 Å². The van der Waals surface area contributed by atoms with Crippen LogP contribution in [-0.4, -0.2) is 48.3 Å². The molecule has 8 heteroatoms. The van der Waals surface area contributed by atoms with Crippen LogP contribution in [0.3, 0.4) is 0 Å². The molecule has 2 amide bonds. The maximum absolute atomic E-state index is 11.7. The summed E-state index contributed by atoms with van der Waals surface area (Å²) in [7, 11) is 0. The Morgan fingerprint density at radius 2 is 2.19 bits per heavy atom. The summed E-state index contributed by atoms with van der Waals surface area (Å²) in [6.07, 6.45) is 1.95. The van der Waals surface area contributed by atoms with Crippen molar-refractivity contribution in [2.24, 2.45) is 5.73 Å². The van der Waals surface area contributed by atoms with Gasteiger partial charge in [0, 0.05) is 31.9 Å². The molecule has 0 fully saturated rings. The predicted molar refractivity (Wildman–Crippen MR) is 74.0 cm³/mol. The molecule has 1 aromatic heterocycles. The zero-order chi connectivity index (χ0) is 15.7. The molecule has 1 aromatic rings. The molecular weight excluding hydrogens is 278 g/mol. The SMILES string of the molecule is CCOCCCOc1ccnc(C(=O)NC(=O)CN)c1O. The summed E-state index contributed by atoms with van der Waals surface area (Å²) in [5, 5.41) is 11.9. The summed E-state index contributed by atoms with van der Waals surface area (Å²) in [5.74, 6) is -1.80. The number of rotatable bonds is 8.